The number of aromatic nitrogens is 2. The molecular formula is C15H18N4O2. The molecule has 2 atom stereocenters. The van der Waals surface area contributed by atoms with Crippen molar-refractivity contribution >= 4 is 11.6 Å². The van der Waals surface area contributed by atoms with Crippen molar-refractivity contribution in [3.63, 3.8) is 0 Å². The Morgan fingerprint density at radius 2 is 2.24 bits per heavy atom. The summed E-state index contributed by atoms with van der Waals surface area (Å²) in [5.74, 6) is -0.134. The Morgan fingerprint density at radius 1 is 1.43 bits per heavy atom. The molecule has 6 heteroatoms. The summed E-state index contributed by atoms with van der Waals surface area (Å²) in [5, 5.41) is 19.5. The zero-order valence-corrected chi connectivity index (χ0v) is 11.6. The van der Waals surface area contributed by atoms with Gasteiger partial charge < -0.3 is 15.7 Å². The Morgan fingerprint density at radius 3 is 2.95 bits per heavy atom. The van der Waals surface area contributed by atoms with E-state index in [2.05, 4.69) is 15.7 Å². The van der Waals surface area contributed by atoms with Crippen molar-refractivity contribution in [1.82, 2.24) is 15.1 Å². The smallest absolute Gasteiger partial charge is 0.241 e. The van der Waals surface area contributed by atoms with Crippen LogP contribution >= 0.6 is 0 Å². The van der Waals surface area contributed by atoms with Crippen molar-refractivity contribution in [1.29, 1.82) is 0 Å². The second-order valence-electron chi connectivity index (χ2n) is 5.25. The highest BCUT2D eigenvalue weighted by Gasteiger charge is 2.28. The van der Waals surface area contributed by atoms with E-state index in [0.29, 0.717) is 25.2 Å². The van der Waals surface area contributed by atoms with Crippen LogP contribution in [0.5, 0.6) is 0 Å². The molecule has 110 valence electrons. The third-order valence-corrected chi connectivity index (χ3v) is 3.51. The summed E-state index contributed by atoms with van der Waals surface area (Å²) in [6.45, 7) is 1.13. The first-order valence-corrected chi connectivity index (χ1v) is 6.99. The molecule has 1 aliphatic heterocycles. The number of hydrogen-bond donors (Lipinski definition) is 3. The Kier molecular flexibility index (Phi) is 3.98. The van der Waals surface area contributed by atoms with Crippen LogP contribution in [0.15, 0.2) is 42.7 Å². The van der Waals surface area contributed by atoms with E-state index in [1.807, 2.05) is 30.3 Å². The number of nitrogens with one attached hydrogen (secondary N) is 2. The maximum absolute atomic E-state index is 12.0. The number of rotatable bonds is 4. The monoisotopic (exact) mass is 286 g/mol. The number of amides is 1. The predicted octanol–water partition coefficient (Wildman–Crippen LogP) is 0.593. The second-order valence-corrected chi connectivity index (χ2v) is 5.25. The lowest BCUT2D eigenvalue weighted by atomic mass is 10.2. The molecule has 3 N–H and O–H groups in total. The van der Waals surface area contributed by atoms with Crippen molar-refractivity contribution in [2.75, 3.05) is 11.9 Å². The highest BCUT2D eigenvalue weighted by molar-refractivity contribution is 5.94. The quantitative estimate of drug-likeness (QED) is 0.769. The van der Waals surface area contributed by atoms with Crippen LogP contribution in [0.25, 0.3) is 0 Å². The molecular weight excluding hydrogens is 268 g/mol. The number of carbonyl (C=O) groups is 1. The molecule has 0 bridgehead atoms. The van der Waals surface area contributed by atoms with Crippen LogP contribution in [0.2, 0.25) is 0 Å². The number of carbonyl (C=O) groups excluding carboxylic acids is 1. The van der Waals surface area contributed by atoms with E-state index in [0.717, 1.165) is 5.56 Å². The SMILES string of the molecule is O=C(Nc1cnn(Cc2ccccc2)c1)[C@@H]1C[C@H](O)CN1. The summed E-state index contributed by atoms with van der Waals surface area (Å²) >= 11 is 0. The normalized spacial score (nSPS) is 21.4. The molecule has 3 rings (SSSR count). The average Bonchev–Trinajstić information content (AvgIpc) is 3.09. The van der Waals surface area contributed by atoms with Gasteiger partial charge in [-0.25, -0.2) is 0 Å². The first-order chi connectivity index (χ1) is 10.2. The zero-order chi connectivity index (χ0) is 14.7. The van der Waals surface area contributed by atoms with E-state index in [-0.39, 0.29) is 11.9 Å². The van der Waals surface area contributed by atoms with Gasteiger partial charge in [0.05, 0.1) is 30.6 Å². The van der Waals surface area contributed by atoms with Crippen LogP contribution in [0.1, 0.15) is 12.0 Å². The van der Waals surface area contributed by atoms with Crippen molar-refractivity contribution < 1.29 is 9.90 Å². The van der Waals surface area contributed by atoms with Gasteiger partial charge in [-0.15, -0.1) is 0 Å². The van der Waals surface area contributed by atoms with E-state index in [1.54, 1.807) is 17.1 Å². The van der Waals surface area contributed by atoms with Crippen molar-refractivity contribution in [3.05, 3.63) is 48.3 Å². The zero-order valence-electron chi connectivity index (χ0n) is 11.6. The highest BCUT2D eigenvalue weighted by atomic mass is 16.3. The lowest BCUT2D eigenvalue weighted by Gasteiger charge is -2.09. The molecule has 0 saturated carbocycles. The van der Waals surface area contributed by atoms with Gasteiger partial charge in [-0.3, -0.25) is 9.48 Å². The molecule has 1 fully saturated rings. The molecule has 0 aliphatic carbocycles. The molecule has 1 amide bonds. The van der Waals surface area contributed by atoms with Gasteiger partial charge in [0, 0.05) is 12.7 Å². The summed E-state index contributed by atoms with van der Waals surface area (Å²) in [5.41, 5.74) is 1.82. The lowest BCUT2D eigenvalue weighted by Crippen LogP contribution is -2.35. The fourth-order valence-electron chi connectivity index (χ4n) is 2.43. The van der Waals surface area contributed by atoms with Crippen LogP contribution in [-0.4, -0.2) is 39.5 Å². The molecule has 0 spiro atoms. The lowest BCUT2D eigenvalue weighted by molar-refractivity contribution is -0.117. The van der Waals surface area contributed by atoms with E-state index in [9.17, 15) is 9.90 Å². The molecule has 1 aromatic heterocycles. The molecule has 1 aliphatic rings. The Bertz CT molecular complexity index is 611. The van der Waals surface area contributed by atoms with Crippen LogP contribution in [0.4, 0.5) is 5.69 Å². The number of β-amino-alcohol motifs (C(OH)–C–C–N with tert-alkyl or cyclic N) is 1. The van der Waals surface area contributed by atoms with E-state index < -0.39 is 6.10 Å². The topological polar surface area (TPSA) is 79.2 Å². The van der Waals surface area contributed by atoms with E-state index >= 15 is 0 Å². The number of nitrogens with zero attached hydrogens (tertiary/aromatic N) is 2. The van der Waals surface area contributed by atoms with Gasteiger partial charge in [0.1, 0.15) is 0 Å². The Labute approximate surface area is 122 Å². The van der Waals surface area contributed by atoms with Gasteiger partial charge in [0.15, 0.2) is 0 Å². The number of aliphatic hydroxyl groups is 1. The summed E-state index contributed by atoms with van der Waals surface area (Å²) in [6.07, 6.45) is 3.44. The van der Waals surface area contributed by atoms with Gasteiger partial charge in [0.25, 0.3) is 0 Å². The number of aliphatic hydroxyl groups excluding tert-OH is 1. The van der Waals surface area contributed by atoms with Gasteiger partial charge in [0.2, 0.25) is 5.91 Å². The predicted molar refractivity (Wildman–Crippen MR) is 78.8 cm³/mol. The van der Waals surface area contributed by atoms with Gasteiger partial charge in [-0.2, -0.15) is 5.10 Å². The largest absolute Gasteiger partial charge is 0.392 e. The van der Waals surface area contributed by atoms with Crippen LogP contribution in [-0.2, 0) is 11.3 Å². The molecule has 6 nitrogen and oxygen atoms in total. The van der Waals surface area contributed by atoms with Gasteiger partial charge in [-0.1, -0.05) is 30.3 Å². The molecule has 2 heterocycles. The number of benzene rings is 1. The molecule has 1 saturated heterocycles. The second kappa shape index (κ2) is 6.07. The molecule has 0 unspecified atom stereocenters. The first-order valence-electron chi connectivity index (χ1n) is 6.99. The Balaban J connectivity index is 1.59. The summed E-state index contributed by atoms with van der Waals surface area (Å²) in [4.78, 5) is 12.0. The fourth-order valence-corrected chi connectivity index (χ4v) is 2.43. The van der Waals surface area contributed by atoms with Gasteiger partial charge >= 0.3 is 0 Å². The third kappa shape index (κ3) is 3.48. The summed E-state index contributed by atoms with van der Waals surface area (Å²) < 4.78 is 1.78. The average molecular weight is 286 g/mol. The van der Waals surface area contributed by atoms with Crippen LogP contribution < -0.4 is 10.6 Å². The van der Waals surface area contributed by atoms with Crippen molar-refractivity contribution in [2.24, 2.45) is 0 Å². The minimum Gasteiger partial charge on any atom is -0.392 e. The molecule has 0 radical (unpaired) electrons. The van der Waals surface area contributed by atoms with E-state index in [1.165, 1.54) is 0 Å². The molecule has 1 aromatic carbocycles. The standard InChI is InChI=1S/C15H18N4O2/c20-13-6-14(16-8-13)15(21)18-12-7-17-19(10-12)9-11-4-2-1-3-5-11/h1-5,7,10,13-14,16,20H,6,8-9H2,(H,18,21)/t13-,14-/m0/s1. The van der Waals surface area contributed by atoms with Crippen molar-refractivity contribution in [3.8, 4) is 0 Å². The molecule has 21 heavy (non-hydrogen) atoms. The Hall–Kier alpha value is -2.18. The summed E-state index contributed by atoms with van der Waals surface area (Å²) in [7, 11) is 0. The maximum Gasteiger partial charge on any atom is 0.241 e. The maximum atomic E-state index is 12.0. The fraction of sp³-hybridized carbons (Fsp3) is 0.333. The van der Waals surface area contributed by atoms with Crippen LogP contribution in [0.3, 0.4) is 0 Å². The van der Waals surface area contributed by atoms with Gasteiger partial charge in [-0.05, 0) is 12.0 Å². The number of anilines is 1. The van der Waals surface area contributed by atoms with E-state index in [4.69, 9.17) is 0 Å². The molecule has 2 aromatic rings. The van der Waals surface area contributed by atoms with Crippen molar-refractivity contribution in [2.45, 2.75) is 25.1 Å². The first kappa shape index (κ1) is 13.8. The minimum atomic E-state index is -0.443. The number of hydrogen-bond acceptors (Lipinski definition) is 4. The highest BCUT2D eigenvalue weighted by Crippen LogP contribution is 2.11. The third-order valence-electron chi connectivity index (χ3n) is 3.51. The minimum absolute atomic E-state index is 0.134. The summed E-state index contributed by atoms with van der Waals surface area (Å²) in [6, 6.07) is 9.67. The van der Waals surface area contributed by atoms with Crippen LogP contribution in [0, 0.1) is 0 Å².